The van der Waals surface area contributed by atoms with Gasteiger partial charge < -0.3 is 9.73 Å². The quantitative estimate of drug-likeness (QED) is 0.688. The lowest BCUT2D eigenvalue weighted by molar-refractivity contribution is -0.115. The third-order valence-electron chi connectivity index (χ3n) is 3.69. The van der Waals surface area contributed by atoms with Gasteiger partial charge in [0.15, 0.2) is 5.17 Å². The van der Waals surface area contributed by atoms with Crippen LogP contribution in [0.1, 0.15) is 5.76 Å². The molecule has 25 heavy (non-hydrogen) atoms. The zero-order valence-electron chi connectivity index (χ0n) is 13.2. The average molecular weight is 346 g/mol. The minimum Gasteiger partial charge on any atom is -0.465 e. The highest BCUT2D eigenvalue weighted by atomic mass is 32.2. The van der Waals surface area contributed by atoms with Crippen molar-refractivity contribution in [1.82, 2.24) is 5.32 Å². The molecule has 0 saturated carbocycles. The van der Waals surface area contributed by atoms with Crippen LogP contribution >= 0.6 is 11.8 Å². The molecule has 1 saturated heterocycles. The summed E-state index contributed by atoms with van der Waals surface area (Å²) in [7, 11) is 0. The van der Waals surface area contributed by atoms with E-state index in [9.17, 15) is 4.79 Å². The van der Waals surface area contributed by atoms with Crippen LogP contribution in [0.25, 0.3) is 16.8 Å². The number of hydrogen-bond donors (Lipinski definition) is 1. The zero-order valence-corrected chi connectivity index (χ0v) is 14.0. The Balaban J connectivity index is 1.58. The van der Waals surface area contributed by atoms with E-state index in [-0.39, 0.29) is 5.91 Å². The first-order valence-electron chi connectivity index (χ1n) is 7.77. The van der Waals surface area contributed by atoms with E-state index >= 15 is 0 Å². The second-order valence-electron chi connectivity index (χ2n) is 5.38. The molecule has 0 aliphatic carbocycles. The van der Waals surface area contributed by atoms with Gasteiger partial charge in [-0.1, -0.05) is 42.5 Å². The van der Waals surface area contributed by atoms with Crippen LogP contribution in [-0.4, -0.2) is 11.1 Å². The zero-order chi connectivity index (χ0) is 17.1. The van der Waals surface area contributed by atoms with Gasteiger partial charge in [-0.05, 0) is 47.5 Å². The minimum atomic E-state index is -0.145. The van der Waals surface area contributed by atoms with Crippen molar-refractivity contribution in [2.75, 3.05) is 0 Å². The summed E-state index contributed by atoms with van der Waals surface area (Å²) in [5.74, 6) is 0.595. The summed E-state index contributed by atoms with van der Waals surface area (Å²) in [5.41, 5.74) is 0.841. The standard InChI is InChI=1S/C20H14N2O2S/c23-19-18(12-4-8-15-9-5-13-24-15)25-20(22-19)21-17-11-3-7-14-6-1-2-10-16(14)17/h1-13H,(H,21,22,23)/b8-4+,18-12-. The van der Waals surface area contributed by atoms with E-state index in [0.29, 0.717) is 10.1 Å². The number of amidine groups is 1. The van der Waals surface area contributed by atoms with Gasteiger partial charge in [0.05, 0.1) is 16.9 Å². The number of thioether (sulfide) groups is 1. The number of nitrogens with zero attached hydrogens (tertiary/aromatic N) is 1. The molecule has 2 aromatic carbocycles. The van der Waals surface area contributed by atoms with Crippen molar-refractivity contribution in [1.29, 1.82) is 0 Å². The summed E-state index contributed by atoms with van der Waals surface area (Å²) in [5, 5.41) is 5.57. The maximum Gasteiger partial charge on any atom is 0.264 e. The number of fused-ring (bicyclic) bond motifs is 1. The average Bonchev–Trinajstić information content (AvgIpc) is 3.26. The summed E-state index contributed by atoms with van der Waals surface area (Å²) >= 11 is 1.33. The maximum absolute atomic E-state index is 12.1. The predicted molar refractivity (Wildman–Crippen MR) is 103 cm³/mol. The number of furan rings is 1. The van der Waals surface area contributed by atoms with Crippen LogP contribution in [0.2, 0.25) is 0 Å². The molecule has 1 aliphatic rings. The van der Waals surface area contributed by atoms with Crippen molar-refractivity contribution in [2.45, 2.75) is 0 Å². The first-order valence-corrected chi connectivity index (χ1v) is 8.59. The monoisotopic (exact) mass is 346 g/mol. The second-order valence-corrected chi connectivity index (χ2v) is 6.41. The Labute approximate surface area is 148 Å². The highest BCUT2D eigenvalue weighted by Gasteiger charge is 2.23. The fourth-order valence-electron chi connectivity index (χ4n) is 2.53. The van der Waals surface area contributed by atoms with E-state index in [1.165, 1.54) is 11.8 Å². The van der Waals surface area contributed by atoms with Gasteiger partial charge in [0.25, 0.3) is 5.91 Å². The van der Waals surface area contributed by atoms with E-state index < -0.39 is 0 Å². The highest BCUT2D eigenvalue weighted by molar-refractivity contribution is 8.18. The first kappa shape index (κ1) is 15.5. The number of allylic oxidation sites excluding steroid dienone is 2. The number of rotatable bonds is 3. The second kappa shape index (κ2) is 6.83. The summed E-state index contributed by atoms with van der Waals surface area (Å²) in [6.45, 7) is 0. The molecular weight excluding hydrogens is 332 g/mol. The Hall–Kier alpha value is -3.05. The number of carbonyl (C=O) groups excluding carboxylic acids is 1. The molecule has 5 heteroatoms. The molecule has 0 bridgehead atoms. The van der Waals surface area contributed by atoms with Crippen molar-refractivity contribution >= 4 is 45.4 Å². The number of hydrogen-bond acceptors (Lipinski definition) is 4. The maximum atomic E-state index is 12.1. The lowest BCUT2D eigenvalue weighted by Gasteiger charge is -2.02. The largest absolute Gasteiger partial charge is 0.465 e. The summed E-state index contributed by atoms with van der Waals surface area (Å²) in [4.78, 5) is 17.3. The number of carbonyl (C=O) groups is 1. The van der Waals surface area contributed by atoms with Crippen LogP contribution < -0.4 is 5.32 Å². The molecular formula is C20H14N2O2S. The van der Waals surface area contributed by atoms with Crippen molar-refractivity contribution in [3.05, 3.63) is 83.7 Å². The molecule has 122 valence electrons. The SMILES string of the molecule is O=C1NC(=Nc2cccc3ccccc23)S/C1=C\C=C\c1ccco1. The third kappa shape index (κ3) is 3.41. The van der Waals surface area contributed by atoms with Crippen LogP contribution in [0, 0.1) is 0 Å². The molecule has 3 aromatic rings. The van der Waals surface area contributed by atoms with E-state index in [4.69, 9.17) is 4.42 Å². The fraction of sp³-hybridized carbons (Fsp3) is 0. The predicted octanol–water partition coefficient (Wildman–Crippen LogP) is 4.88. The summed E-state index contributed by atoms with van der Waals surface area (Å²) < 4.78 is 5.22. The molecule has 1 fully saturated rings. The van der Waals surface area contributed by atoms with Gasteiger partial charge in [0, 0.05) is 5.39 Å². The molecule has 4 rings (SSSR count). The molecule has 1 aromatic heterocycles. The van der Waals surface area contributed by atoms with Gasteiger partial charge in [-0.15, -0.1) is 0 Å². The van der Waals surface area contributed by atoms with Gasteiger partial charge >= 0.3 is 0 Å². The number of amides is 1. The van der Waals surface area contributed by atoms with E-state index in [2.05, 4.69) is 10.3 Å². The van der Waals surface area contributed by atoms with Crippen molar-refractivity contribution in [2.24, 2.45) is 4.99 Å². The number of aliphatic imine (C=N–C) groups is 1. The van der Waals surface area contributed by atoms with E-state index in [1.807, 2.05) is 54.6 Å². The molecule has 1 N–H and O–H groups in total. The topological polar surface area (TPSA) is 54.6 Å². The van der Waals surface area contributed by atoms with E-state index in [0.717, 1.165) is 22.2 Å². The first-order chi connectivity index (χ1) is 12.3. The normalized spacial score (nSPS) is 17.8. The Morgan fingerprint density at radius 1 is 1.04 bits per heavy atom. The molecule has 1 aliphatic heterocycles. The lowest BCUT2D eigenvalue weighted by atomic mass is 10.1. The fourth-order valence-corrected chi connectivity index (χ4v) is 3.31. The Morgan fingerprint density at radius 2 is 1.92 bits per heavy atom. The number of nitrogens with one attached hydrogen (secondary N) is 1. The van der Waals surface area contributed by atoms with E-state index in [1.54, 1.807) is 24.5 Å². The van der Waals surface area contributed by atoms with Crippen LogP contribution in [0.3, 0.4) is 0 Å². The summed E-state index contributed by atoms with van der Waals surface area (Å²) in [6.07, 6.45) is 6.97. The van der Waals surface area contributed by atoms with Gasteiger partial charge in [-0.2, -0.15) is 0 Å². The molecule has 0 radical (unpaired) electrons. The molecule has 0 spiro atoms. The summed E-state index contributed by atoms with van der Waals surface area (Å²) in [6, 6.07) is 17.7. The molecule has 1 amide bonds. The Bertz CT molecular complexity index is 1010. The van der Waals surface area contributed by atoms with Crippen LogP contribution in [0.15, 0.2) is 87.3 Å². The van der Waals surface area contributed by atoms with Crippen LogP contribution in [0.5, 0.6) is 0 Å². The molecule has 0 atom stereocenters. The lowest BCUT2D eigenvalue weighted by Crippen LogP contribution is -2.19. The van der Waals surface area contributed by atoms with Crippen LogP contribution in [0.4, 0.5) is 5.69 Å². The smallest absolute Gasteiger partial charge is 0.264 e. The third-order valence-corrected chi connectivity index (χ3v) is 4.62. The van der Waals surface area contributed by atoms with Crippen molar-refractivity contribution in [3.63, 3.8) is 0 Å². The molecule has 0 unspecified atom stereocenters. The van der Waals surface area contributed by atoms with Gasteiger partial charge in [0.1, 0.15) is 5.76 Å². The Kier molecular flexibility index (Phi) is 4.23. The van der Waals surface area contributed by atoms with Crippen molar-refractivity contribution < 1.29 is 9.21 Å². The molecule has 2 heterocycles. The minimum absolute atomic E-state index is 0.145. The highest BCUT2D eigenvalue weighted by Crippen LogP contribution is 2.30. The van der Waals surface area contributed by atoms with Gasteiger partial charge in [-0.3, -0.25) is 4.79 Å². The Morgan fingerprint density at radius 3 is 2.80 bits per heavy atom. The van der Waals surface area contributed by atoms with Gasteiger partial charge in [-0.25, -0.2) is 4.99 Å². The van der Waals surface area contributed by atoms with Crippen molar-refractivity contribution in [3.8, 4) is 0 Å². The number of benzene rings is 2. The van der Waals surface area contributed by atoms with Crippen LogP contribution in [-0.2, 0) is 4.79 Å². The molecule has 4 nitrogen and oxygen atoms in total. The van der Waals surface area contributed by atoms with Gasteiger partial charge in [0.2, 0.25) is 0 Å².